The number of para-hydroxylation sites is 1. The van der Waals surface area contributed by atoms with Crippen LogP contribution in [-0.2, 0) is 6.54 Å². The topological polar surface area (TPSA) is 35.2 Å². The molecule has 2 nitrogen and oxygen atoms in total. The summed E-state index contributed by atoms with van der Waals surface area (Å²) in [5.41, 5.74) is 9.46. The summed E-state index contributed by atoms with van der Waals surface area (Å²) in [5, 5.41) is 0. The van der Waals surface area contributed by atoms with Gasteiger partial charge in [0.2, 0.25) is 0 Å². The molecular formula is C17H19NOS. The minimum absolute atomic E-state index is 0.474. The van der Waals surface area contributed by atoms with Crippen LogP contribution in [-0.4, -0.2) is 12.4 Å². The van der Waals surface area contributed by atoms with Gasteiger partial charge in [0, 0.05) is 28.7 Å². The Morgan fingerprint density at radius 3 is 2.90 bits per heavy atom. The highest BCUT2D eigenvalue weighted by atomic mass is 32.2. The summed E-state index contributed by atoms with van der Waals surface area (Å²) >= 11 is 1.92. The molecule has 1 heterocycles. The zero-order valence-corrected chi connectivity index (χ0v) is 12.5. The van der Waals surface area contributed by atoms with E-state index in [4.69, 9.17) is 10.5 Å². The van der Waals surface area contributed by atoms with Crippen LogP contribution in [0.15, 0.2) is 47.4 Å². The maximum absolute atomic E-state index is 6.11. The van der Waals surface area contributed by atoms with Gasteiger partial charge in [0.15, 0.2) is 0 Å². The van der Waals surface area contributed by atoms with E-state index in [0.717, 1.165) is 29.2 Å². The third-order valence-electron chi connectivity index (χ3n) is 3.74. The molecule has 1 aliphatic rings. The third kappa shape index (κ3) is 2.56. The molecule has 2 aromatic carbocycles. The Bertz CT molecular complexity index is 612. The molecule has 0 spiro atoms. The Labute approximate surface area is 124 Å². The summed E-state index contributed by atoms with van der Waals surface area (Å²) in [4.78, 5) is 1.39. The second-order valence-corrected chi connectivity index (χ2v) is 6.19. The number of hydrogen-bond acceptors (Lipinski definition) is 3. The van der Waals surface area contributed by atoms with E-state index >= 15 is 0 Å². The van der Waals surface area contributed by atoms with Crippen LogP contribution in [0.4, 0.5) is 0 Å². The molecule has 104 valence electrons. The summed E-state index contributed by atoms with van der Waals surface area (Å²) in [6.45, 7) is 3.32. The second kappa shape index (κ2) is 5.90. The fourth-order valence-electron chi connectivity index (χ4n) is 2.63. The van der Waals surface area contributed by atoms with E-state index in [0.29, 0.717) is 12.5 Å². The molecular weight excluding hydrogens is 266 g/mol. The lowest BCUT2D eigenvalue weighted by Crippen LogP contribution is -2.12. The monoisotopic (exact) mass is 285 g/mol. The van der Waals surface area contributed by atoms with Gasteiger partial charge in [-0.1, -0.05) is 36.4 Å². The molecule has 0 fully saturated rings. The van der Waals surface area contributed by atoms with Crippen LogP contribution in [0.25, 0.3) is 0 Å². The van der Waals surface area contributed by atoms with Gasteiger partial charge in [-0.2, -0.15) is 0 Å². The van der Waals surface area contributed by atoms with Gasteiger partial charge in [-0.25, -0.2) is 0 Å². The van der Waals surface area contributed by atoms with Crippen molar-refractivity contribution >= 4 is 11.8 Å². The van der Waals surface area contributed by atoms with Crippen LogP contribution in [0.3, 0.4) is 0 Å². The Kier molecular flexibility index (Phi) is 3.99. The van der Waals surface area contributed by atoms with Crippen molar-refractivity contribution in [2.24, 2.45) is 5.73 Å². The van der Waals surface area contributed by atoms with Crippen LogP contribution < -0.4 is 10.5 Å². The lowest BCUT2D eigenvalue weighted by Gasteiger charge is -2.16. The minimum Gasteiger partial charge on any atom is -0.492 e. The van der Waals surface area contributed by atoms with Gasteiger partial charge in [-0.15, -0.1) is 11.8 Å². The molecule has 20 heavy (non-hydrogen) atoms. The van der Waals surface area contributed by atoms with Crippen LogP contribution in [0.5, 0.6) is 5.75 Å². The van der Waals surface area contributed by atoms with Crippen LogP contribution in [0.2, 0.25) is 0 Å². The highest BCUT2D eigenvalue weighted by molar-refractivity contribution is 7.99. The molecule has 3 heteroatoms. The van der Waals surface area contributed by atoms with E-state index in [2.05, 4.69) is 37.3 Å². The van der Waals surface area contributed by atoms with E-state index in [9.17, 15) is 0 Å². The normalized spacial score (nSPS) is 17.0. The van der Waals surface area contributed by atoms with Crippen LogP contribution in [0.1, 0.15) is 22.6 Å². The molecule has 0 amide bonds. The van der Waals surface area contributed by atoms with Crippen LogP contribution >= 0.6 is 11.8 Å². The predicted octanol–water partition coefficient (Wildman–Crippen LogP) is 3.72. The first-order valence-electron chi connectivity index (χ1n) is 6.92. The fraction of sp³-hybridized carbons (Fsp3) is 0.294. The molecule has 1 atom stereocenters. The highest BCUT2D eigenvalue weighted by Crippen LogP contribution is 2.39. The van der Waals surface area contributed by atoms with E-state index in [1.54, 1.807) is 0 Å². The summed E-state index contributed by atoms with van der Waals surface area (Å²) < 4.78 is 6.11. The largest absolute Gasteiger partial charge is 0.492 e. The third-order valence-corrected chi connectivity index (χ3v) is 4.99. The lowest BCUT2D eigenvalue weighted by atomic mass is 10.0. The summed E-state index contributed by atoms with van der Waals surface area (Å²) in [6, 6.07) is 14.8. The molecule has 0 aliphatic carbocycles. The first-order chi connectivity index (χ1) is 9.79. The van der Waals surface area contributed by atoms with Crippen molar-refractivity contribution in [1.82, 2.24) is 0 Å². The molecule has 0 saturated heterocycles. The number of nitrogens with two attached hydrogens (primary N) is 1. The molecule has 0 aromatic heterocycles. The van der Waals surface area contributed by atoms with Gasteiger partial charge in [-0.3, -0.25) is 0 Å². The second-order valence-electron chi connectivity index (χ2n) is 5.12. The van der Waals surface area contributed by atoms with E-state index in [1.807, 2.05) is 23.9 Å². The fourth-order valence-corrected chi connectivity index (χ4v) is 3.86. The molecule has 2 aromatic rings. The van der Waals surface area contributed by atoms with Crippen LogP contribution in [0, 0.1) is 6.92 Å². The summed E-state index contributed by atoms with van der Waals surface area (Å²) in [6.07, 6.45) is 0. The van der Waals surface area contributed by atoms with E-state index in [1.165, 1.54) is 10.5 Å². The first kappa shape index (κ1) is 13.5. The smallest absolute Gasteiger partial charge is 0.126 e. The highest BCUT2D eigenvalue weighted by Gasteiger charge is 2.23. The molecule has 0 radical (unpaired) electrons. The molecule has 3 rings (SSSR count). The standard InChI is InChI=1S/C17H19NOS/c1-12-5-4-6-13(9-18)17(12)19-10-14-11-20-16-8-3-2-7-15(14)16/h2-8,14H,9-11,18H2,1H3. The average Bonchev–Trinajstić information content (AvgIpc) is 2.89. The quantitative estimate of drug-likeness (QED) is 0.930. The van der Waals surface area contributed by atoms with Gasteiger partial charge in [0.1, 0.15) is 5.75 Å². The van der Waals surface area contributed by atoms with Gasteiger partial charge in [0.25, 0.3) is 0 Å². The number of thioether (sulfide) groups is 1. The van der Waals surface area contributed by atoms with Crippen molar-refractivity contribution in [3.05, 3.63) is 59.2 Å². The average molecular weight is 285 g/mol. The number of hydrogen-bond donors (Lipinski definition) is 1. The van der Waals surface area contributed by atoms with Crippen molar-refractivity contribution in [2.75, 3.05) is 12.4 Å². The summed E-state index contributed by atoms with van der Waals surface area (Å²) in [5.74, 6) is 2.54. The number of benzene rings is 2. The minimum atomic E-state index is 0.474. The Hall–Kier alpha value is -1.45. The Balaban J connectivity index is 1.75. The first-order valence-corrected chi connectivity index (χ1v) is 7.91. The maximum Gasteiger partial charge on any atom is 0.126 e. The SMILES string of the molecule is Cc1cccc(CN)c1OCC1CSc2ccccc21. The molecule has 0 saturated carbocycles. The van der Waals surface area contributed by atoms with Crippen molar-refractivity contribution in [3.8, 4) is 5.75 Å². The van der Waals surface area contributed by atoms with E-state index in [-0.39, 0.29) is 0 Å². The Morgan fingerprint density at radius 1 is 1.20 bits per heavy atom. The zero-order chi connectivity index (χ0) is 13.9. The number of aryl methyl sites for hydroxylation is 1. The van der Waals surface area contributed by atoms with Gasteiger partial charge >= 0.3 is 0 Å². The van der Waals surface area contributed by atoms with E-state index < -0.39 is 0 Å². The Morgan fingerprint density at radius 2 is 2.05 bits per heavy atom. The van der Waals surface area contributed by atoms with Crippen molar-refractivity contribution in [3.63, 3.8) is 0 Å². The molecule has 1 aliphatic heterocycles. The van der Waals surface area contributed by atoms with Crippen molar-refractivity contribution < 1.29 is 4.74 Å². The number of ether oxygens (including phenoxy) is 1. The number of fused-ring (bicyclic) bond motifs is 1. The molecule has 1 unspecified atom stereocenters. The number of rotatable bonds is 4. The zero-order valence-electron chi connectivity index (χ0n) is 11.6. The maximum atomic E-state index is 6.11. The molecule has 0 bridgehead atoms. The van der Waals surface area contributed by atoms with Crippen molar-refractivity contribution in [1.29, 1.82) is 0 Å². The lowest BCUT2D eigenvalue weighted by molar-refractivity contribution is 0.293. The molecule has 2 N–H and O–H groups in total. The van der Waals surface area contributed by atoms with Gasteiger partial charge in [-0.05, 0) is 24.1 Å². The predicted molar refractivity (Wildman–Crippen MR) is 84.5 cm³/mol. The van der Waals surface area contributed by atoms with Gasteiger partial charge < -0.3 is 10.5 Å². The summed E-state index contributed by atoms with van der Waals surface area (Å²) in [7, 11) is 0. The van der Waals surface area contributed by atoms with Crippen molar-refractivity contribution in [2.45, 2.75) is 24.3 Å². The van der Waals surface area contributed by atoms with Gasteiger partial charge in [0.05, 0.1) is 6.61 Å².